The number of carbonyl (C=O) groups excluding carboxylic acids is 3. The topological polar surface area (TPSA) is 98.5 Å². The Morgan fingerprint density at radius 1 is 1.08 bits per heavy atom. The van der Waals surface area contributed by atoms with Crippen molar-refractivity contribution in [3.8, 4) is 0 Å². The third-order valence-electron chi connectivity index (χ3n) is 3.88. The number of esters is 1. The monoisotopic (exact) mass is 340 g/mol. The maximum atomic E-state index is 12.4. The molecule has 0 aromatic heterocycles. The number of methoxy groups -OCH3 is 1. The molecule has 0 saturated heterocycles. The van der Waals surface area contributed by atoms with E-state index in [0.717, 1.165) is 11.1 Å². The molecular weight excluding hydrogens is 320 g/mol. The van der Waals surface area contributed by atoms with Crippen molar-refractivity contribution in [1.29, 1.82) is 0 Å². The van der Waals surface area contributed by atoms with E-state index >= 15 is 0 Å². The zero-order chi connectivity index (χ0) is 18.4. The van der Waals surface area contributed by atoms with Crippen LogP contribution in [-0.2, 0) is 16.0 Å². The first kappa shape index (κ1) is 18.2. The Balaban J connectivity index is 2.17. The lowest BCUT2D eigenvalue weighted by Crippen LogP contribution is -2.46. The van der Waals surface area contributed by atoms with Crippen molar-refractivity contribution >= 4 is 17.8 Å². The van der Waals surface area contributed by atoms with Crippen molar-refractivity contribution in [2.24, 2.45) is 5.73 Å². The van der Waals surface area contributed by atoms with Crippen LogP contribution >= 0.6 is 0 Å². The van der Waals surface area contributed by atoms with Crippen LogP contribution in [0.5, 0.6) is 0 Å². The van der Waals surface area contributed by atoms with Gasteiger partial charge in [-0.05, 0) is 36.2 Å². The van der Waals surface area contributed by atoms with Crippen LogP contribution in [0.2, 0.25) is 0 Å². The molecule has 0 saturated carbocycles. The van der Waals surface area contributed by atoms with Gasteiger partial charge in [0.25, 0.3) is 5.91 Å². The molecule has 0 fully saturated rings. The summed E-state index contributed by atoms with van der Waals surface area (Å²) in [5.41, 5.74) is 7.87. The molecule has 1 atom stereocenters. The number of nitrogens with one attached hydrogen (secondary N) is 1. The Kier molecular flexibility index (Phi) is 5.89. The minimum atomic E-state index is -0.851. The fourth-order valence-electron chi connectivity index (χ4n) is 2.43. The summed E-state index contributed by atoms with van der Waals surface area (Å²) in [4.78, 5) is 35.7. The Labute approximate surface area is 146 Å². The molecule has 25 heavy (non-hydrogen) atoms. The molecule has 0 aliphatic carbocycles. The van der Waals surface area contributed by atoms with Gasteiger partial charge < -0.3 is 15.8 Å². The van der Waals surface area contributed by atoms with E-state index in [-0.39, 0.29) is 11.1 Å². The average Bonchev–Trinajstić information content (AvgIpc) is 2.62. The molecule has 0 aliphatic heterocycles. The number of benzene rings is 2. The Bertz CT molecular complexity index is 802. The van der Waals surface area contributed by atoms with Gasteiger partial charge in [0.2, 0.25) is 5.91 Å². The molecule has 2 amide bonds. The van der Waals surface area contributed by atoms with Gasteiger partial charge >= 0.3 is 5.97 Å². The number of carbonyl (C=O) groups is 3. The van der Waals surface area contributed by atoms with Gasteiger partial charge in [0, 0.05) is 12.0 Å². The van der Waals surface area contributed by atoms with E-state index in [2.05, 4.69) is 10.1 Å². The molecular formula is C19H20N2O4. The maximum absolute atomic E-state index is 12.4. The van der Waals surface area contributed by atoms with Gasteiger partial charge in [0.05, 0.1) is 12.7 Å². The van der Waals surface area contributed by atoms with E-state index < -0.39 is 23.8 Å². The minimum absolute atomic E-state index is 0.249. The van der Waals surface area contributed by atoms with Crippen LogP contribution < -0.4 is 11.1 Å². The molecule has 6 nitrogen and oxygen atoms in total. The SMILES string of the molecule is COC(=O)c1cccc(C(=O)N[C@H](Cc2ccccc2C)C(N)=O)c1. The highest BCUT2D eigenvalue weighted by atomic mass is 16.5. The number of amides is 2. The van der Waals surface area contributed by atoms with Gasteiger partial charge in [-0.15, -0.1) is 0 Å². The van der Waals surface area contributed by atoms with Gasteiger partial charge in [0.15, 0.2) is 0 Å². The van der Waals surface area contributed by atoms with Crippen molar-refractivity contribution in [3.05, 3.63) is 70.8 Å². The first-order chi connectivity index (χ1) is 11.9. The molecule has 2 rings (SSSR count). The van der Waals surface area contributed by atoms with Crippen LogP contribution in [0.4, 0.5) is 0 Å². The molecule has 6 heteroatoms. The van der Waals surface area contributed by atoms with E-state index in [4.69, 9.17) is 5.73 Å². The first-order valence-corrected chi connectivity index (χ1v) is 7.75. The zero-order valence-corrected chi connectivity index (χ0v) is 14.1. The lowest BCUT2D eigenvalue weighted by molar-refractivity contribution is -0.119. The summed E-state index contributed by atoms with van der Waals surface area (Å²) in [6.45, 7) is 1.93. The number of rotatable bonds is 6. The summed E-state index contributed by atoms with van der Waals surface area (Å²) in [5, 5.41) is 2.63. The first-order valence-electron chi connectivity index (χ1n) is 7.75. The number of primary amides is 1. The summed E-state index contributed by atoms with van der Waals surface area (Å²) < 4.78 is 4.64. The zero-order valence-electron chi connectivity index (χ0n) is 14.1. The van der Waals surface area contributed by atoms with E-state index in [0.29, 0.717) is 6.42 Å². The van der Waals surface area contributed by atoms with E-state index in [1.807, 2.05) is 31.2 Å². The molecule has 0 unspecified atom stereocenters. The molecule has 0 spiro atoms. The normalized spacial score (nSPS) is 11.4. The van der Waals surface area contributed by atoms with Crippen molar-refractivity contribution in [1.82, 2.24) is 5.32 Å². The van der Waals surface area contributed by atoms with Crippen LogP contribution in [0.1, 0.15) is 31.8 Å². The van der Waals surface area contributed by atoms with Crippen LogP contribution in [0.15, 0.2) is 48.5 Å². The van der Waals surface area contributed by atoms with Gasteiger partial charge in [-0.1, -0.05) is 30.3 Å². The number of nitrogens with two attached hydrogens (primary N) is 1. The van der Waals surface area contributed by atoms with Crippen LogP contribution in [-0.4, -0.2) is 30.9 Å². The maximum Gasteiger partial charge on any atom is 0.337 e. The summed E-state index contributed by atoms with van der Waals surface area (Å²) in [5.74, 6) is -1.65. The van der Waals surface area contributed by atoms with Crippen LogP contribution in [0, 0.1) is 6.92 Å². The van der Waals surface area contributed by atoms with E-state index in [1.165, 1.54) is 13.2 Å². The molecule has 130 valence electrons. The molecule has 0 aliphatic rings. The third-order valence-corrected chi connectivity index (χ3v) is 3.88. The fourth-order valence-corrected chi connectivity index (χ4v) is 2.43. The molecule has 2 aromatic carbocycles. The lowest BCUT2D eigenvalue weighted by Gasteiger charge is -2.17. The minimum Gasteiger partial charge on any atom is -0.465 e. The largest absolute Gasteiger partial charge is 0.465 e. The second-order valence-electron chi connectivity index (χ2n) is 5.63. The molecule has 0 radical (unpaired) electrons. The summed E-state index contributed by atoms with van der Waals surface area (Å²) >= 11 is 0. The van der Waals surface area contributed by atoms with Crippen molar-refractivity contribution in [2.45, 2.75) is 19.4 Å². The summed E-state index contributed by atoms with van der Waals surface area (Å²) in [6, 6.07) is 12.8. The number of aryl methyl sites for hydroxylation is 1. The predicted octanol–water partition coefficient (Wildman–Crippen LogP) is 1.61. The van der Waals surface area contributed by atoms with Gasteiger partial charge in [-0.25, -0.2) is 4.79 Å². The lowest BCUT2D eigenvalue weighted by atomic mass is 10.0. The summed E-state index contributed by atoms with van der Waals surface area (Å²) in [7, 11) is 1.26. The standard InChI is InChI=1S/C19H20N2O4/c1-12-6-3-4-7-13(12)11-16(17(20)22)21-18(23)14-8-5-9-15(10-14)19(24)25-2/h3-10,16H,11H2,1-2H3,(H2,20,22)(H,21,23)/t16-/m1/s1. The highest BCUT2D eigenvalue weighted by molar-refractivity contribution is 5.99. The van der Waals surface area contributed by atoms with E-state index in [9.17, 15) is 14.4 Å². The number of hydrogen-bond acceptors (Lipinski definition) is 4. The highest BCUT2D eigenvalue weighted by Gasteiger charge is 2.20. The van der Waals surface area contributed by atoms with Crippen LogP contribution in [0.3, 0.4) is 0 Å². The predicted molar refractivity (Wildman–Crippen MR) is 93.1 cm³/mol. The van der Waals surface area contributed by atoms with Crippen LogP contribution in [0.25, 0.3) is 0 Å². The molecule has 2 aromatic rings. The molecule has 0 bridgehead atoms. The highest BCUT2D eigenvalue weighted by Crippen LogP contribution is 2.11. The fraction of sp³-hybridized carbons (Fsp3) is 0.211. The third kappa shape index (κ3) is 4.67. The van der Waals surface area contributed by atoms with Crippen molar-refractivity contribution in [2.75, 3.05) is 7.11 Å². The Morgan fingerprint density at radius 2 is 1.76 bits per heavy atom. The smallest absolute Gasteiger partial charge is 0.337 e. The number of hydrogen-bond donors (Lipinski definition) is 2. The second kappa shape index (κ2) is 8.10. The van der Waals surface area contributed by atoms with Crippen molar-refractivity contribution in [3.63, 3.8) is 0 Å². The Hall–Kier alpha value is -3.15. The summed E-state index contributed by atoms with van der Waals surface area (Å²) in [6.07, 6.45) is 0.296. The quantitative estimate of drug-likeness (QED) is 0.781. The molecule has 3 N–H and O–H groups in total. The number of ether oxygens (including phenoxy) is 1. The Morgan fingerprint density at radius 3 is 2.40 bits per heavy atom. The van der Waals surface area contributed by atoms with Gasteiger partial charge in [0.1, 0.15) is 6.04 Å². The molecule has 0 heterocycles. The average molecular weight is 340 g/mol. The van der Waals surface area contributed by atoms with E-state index in [1.54, 1.807) is 18.2 Å². The second-order valence-corrected chi connectivity index (χ2v) is 5.63. The van der Waals surface area contributed by atoms with Gasteiger partial charge in [-0.3, -0.25) is 9.59 Å². The van der Waals surface area contributed by atoms with Crippen molar-refractivity contribution < 1.29 is 19.1 Å². The van der Waals surface area contributed by atoms with Gasteiger partial charge in [-0.2, -0.15) is 0 Å².